The van der Waals surface area contributed by atoms with Crippen molar-refractivity contribution in [2.45, 2.75) is 26.7 Å². The van der Waals surface area contributed by atoms with Crippen LogP contribution in [0.1, 0.15) is 26.7 Å². The van der Waals surface area contributed by atoms with E-state index in [2.05, 4.69) is 51.8 Å². The van der Waals surface area contributed by atoms with Gasteiger partial charge in [0.1, 0.15) is 0 Å². The van der Waals surface area contributed by atoms with E-state index in [9.17, 15) is 0 Å². The van der Waals surface area contributed by atoms with Gasteiger partial charge in [0.05, 0.1) is 0 Å². The van der Waals surface area contributed by atoms with Crippen molar-refractivity contribution in [3.63, 3.8) is 0 Å². The van der Waals surface area contributed by atoms with E-state index < -0.39 is 0 Å². The number of hydrogen-bond donors (Lipinski definition) is 0. The lowest BCUT2D eigenvalue weighted by Crippen LogP contribution is -2.23. The highest BCUT2D eigenvalue weighted by molar-refractivity contribution is 4.66. The van der Waals surface area contributed by atoms with Crippen LogP contribution in [0.5, 0.6) is 0 Å². The zero-order valence-corrected chi connectivity index (χ0v) is 10.9. The van der Waals surface area contributed by atoms with Gasteiger partial charge in [-0.15, -0.1) is 0 Å². The minimum atomic E-state index is 0.815. The first-order valence-corrected chi connectivity index (χ1v) is 5.73. The Labute approximate surface area is 90.3 Å². The van der Waals surface area contributed by atoms with E-state index in [0.717, 1.165) is 11.8 Å². The molecule has 0 aromatic rings. The summed E-state index contributed by atoms with van der Waals surface area (Å²) in [5.74, 6) is 1.69. The molecular formula is C12H28N2. The molecule has 0 bridgehead atoms. The summed E-state index contributed by atoms with van der Waals surface area (Å²) in [5.41, 5.74) is 0. The summed E-state index contributed by atoms with van der Waals surface area (Å²) in [6.45, 7) is 7.12. The highest BCUT2D eigenvalue weighted by Crippen LogP contribution is 2.19. The van der Waals surface area contributed by atoms with E-state index in [1.54, 1.807) is 0 Å². The van der Waals surface area contributed by atoms with Crippen molar-refractivity contribution in [1.29, 1.82) is 0 Å². The van der Waals surface area contributed by atoms with Gasteiger partial charge in [-0.25, -0.2) is 0 Å². The summed E-state index contributed by atoms with van der Waals surface area (Å²) in [6, 6.07) is 0. The fraction of sp³-hybridized carbons (Fsp3) is 1.00. The molecular weight excluding hydrogens is 172 g/mol. The second kappa shape index (κ2) is 7.24. The Kier molecular flexibility index (Phi) is 7.20. The van der Waals surface area contributed by atoms with Crippen LogP contribution in [-0.4, -0.2) is 51.1 Å². The summed E-state index contributed by atoms with van der Waals surface area (Å²) in [6.07, 6.45) is 2.66. The first-order valence-electron chi connectivity index (χ1n) is 5.73. The second-order valence-corrected chi connectivity index (χ2v) is 5.19. The Hall–Kier alpha value is -0.0800. The van der Waals surface area contributed by atoms with Crippen LogP contribution in [0.4, 0.5) is 0 Å². The molecule has 0 N–H and O–H groups in total. The Balaban J connectivity index is 3.78. The van der Waals surface area contributed by atoms with Crippen LogP contribution in [0.3, 0.4) is 0 Å². The predicted molar refractivity (Wildman–Crippen MR) is 64.7 cm³/mol. The van der Waals surface area contributed by atoms with Crippen molar-refractivity contribution in [1.82, 2.24) is 9.80 Å². The van der Waals surface area contributed by atoms with Gasteiger partial charge in [0.2, 0.25) is 0 Å². The molecule has 0 aliphatic carbocycles. The number of rotatable bonds is 7. The third-order valence-corrected chi connectivity index (χ3v) is 2.84. The zero-order chi connectivity index (χ0) is 11.1. The molecule has 0 aliphatic heterocycles. The lowest BCUT2D eigenvalue weighted by atomic mass is 9.89. The lowest BCUT2D eigenvalue weighted by molar-refractivity contribution is 0.257. The van der Waals surface area contributed by atoms with E-state index in [1.807, 2.05) is 0 Å². The Morgan fingerprint density at radius 3 is 1.36 bits per heavy atom. The summed E-state index contributed by atoms with van der Waals surface area (Å²) >= 11 is 0. The van der Waals surface area contributed by atoms with Crippen LogP contribution in [0, 0.1) is 11.8 Å². The van der Waals surface area contributed by atoms with Gasteiger partial charge in [-0.2, -0.15) is 0 Å². The molecule has 0 unspecified atom stereocenters. The smallest absolute Gasteiger partial charge is 0.00221 e. The maximum Gasteiger partial charge on any atom is -0.00221 e. The molecule has 2 nitrogen and oxygen atoms in total. The van der Waals surface area contributed by atoms with E-state index in [1.165, 1.54) is 25.9 Å². The average molecular weight is 200 g/mol. The molecule has 0 saturated heterocycles. The summed E-state index contributed by atoms with van der Waals surface area (Å²) in [7, 11) is 8.62. The van der Waals surface area contributed by atoms with Crippen molar-refractivity contribution in [3.05, 3.63) is 0 Å². The minimum Gasteiger partial charge on any atom is -0.309 e. The van der Waals surface area contributed by atoms with E-state index >= 15 is 0 Å². The molecule has 0 heterocycles. The molecule has 0 atom stereocenters. The highest BCUT2D eigenvalue weighted by atomic mass is 15.1. The fourth-order valence-electron chi connectivity index (χ4n) is 1.66. The topological polar surface area (TPSA) is 6.48 Å². The molecule has 0 aliphatic rings. The molecule has 2 heteroatoms. The monoisotopic (exact) mass is 200 g/mol. The molecule has 0 aromatic heterocycles. The van der Waals surface area contributed by atoms with Crippen LogP contribution < -0.4 is 0 Å². The molecule has 0 amide bonds. The Bertz CT molecular complexity index is 118. The average Bonchev–Trinajstić information content (AvgIpc) is 2.02. The third kappa shape index (κ3) is 7.34. The lowest BCUT2D eigenvalue weighted by Gasteiger charge is -2.24. The van der Waals surface area contributed by atoms with Gasteiger partial charge < -0.3 is 9.80 Å². The molecule has 0 saturated carbocycles. The third-order valence-electron chi connectivity index (χ3n) is 2.84. The summed E-state index contributed by atoms with van der Waals surface area (Å²) in [5, 5.41) is 0. The molecule has 0 aromatic carbocycles. The first-order chi connectivity index (χ1) is 6.43. The van der Waals surface area contributed by atoms with Crippen LogP contribution in [-0.2, 0) is 0 Å². The van der Waals surface area contributed by atoms with Crippen molar-refractivity contribution in [2.24, 2.45) is 11.8 Å². The first kappa shape index (κ1) is 13.9. The largest absolute Gasteiger partial charge is 0.309 e. The van der Waals surface area contributed by atoms with Crippen molar-refractivity contribution >= 4 is 0 Å². The maximum atomic E-state index is 2.34. The Morgan fingerprint density at radius 1 is 0.786 bits per heavy atom. The van der Waals surface area contributed by atoms with Crippen LogP contribution in [0.25, 0.3) is 0 Å². The minimum absolute atomic E-state index is 0.815. The van der Waals surface area contributed by atoms with Crippen molar-refractivity contribution in [3.8, 4) is 0 Å². The van der Waals surface area contributed by atoms with Crippen molar-refractivity contribution in [2.75, 3.05) is 41.3 Å². The van der Waals surface area contributed by atoms with Gasteiger partial charge in [-0.05, 0) is 66.0 Å². The van der Waals surface area contributed by atoms with Crippen LogP contribution in [0.15, 0.2) is 0 Å². The molecule has 14 heavy (non-hydrogen) atoms. The second-order valence-electron chi connectivity index (χ2n) is 5.19. The summed E-state index contributed by atoms with van der Waals surface area (Å²) < 4.78 is 0. The van der Waals surface area contributed by atoms with Gasteiger partial charge in [-0.1, -0.05) is 13.8 Å². The highest BCUT2D eigenvalue weighted by Gasteiger charge is 2.13. The van der Waals surface area contributed by atoms with Crippen LogP contribution >= 0.6 is 0 Å². The normalized spacial score (nSPS) is 12.4. The Morgan fingerprint density at radius 2 is 1.14 bits per heavy atom. The fourth-order valence-corrected chi connectivity index (χ4v) is 1.66. The summed E-state index contributed by atoms with van der Waals surface area (Å²) in [4.78, 5) is 4.57. The van der Waals surface area contributed by atoms with Gasteiger partial charge in [0.25, 0.3) is 0 Å². The van der Waals surface area contributed by atoms with Gasteiger partial charge in [-0.3, -0.25) is 0 Å². The molecule has 0 spiro atoms. The quantitative estimate of drug-likeness (QED) is 0.621. The van der Waals surface area contributed by atoms with E-state index in [4.69, 9.17) is 0 Å². The SMILES string of the molecule is CC(C)C(CCN(C)C)CCN(C)C. The van der Waals surface area contributed by atoms with Crippen molar-refractivity contribution < 1.29 is 0 Å². The van der Waals surface area contributed by atoms with Gasteiger partial charge in [0, 0.05) is 0 Å². The predicted octanol–water partition coefficient (Wildman–Crippen LogP) is 2.16. The van der Waals surface area contributed by atoms with Gasteiger partial charge in [0.15, 0.2) is 0 Å². The van der Waals surface area contributed by atoms with Crippen LogP contribution in [0.2, 0.25) is 0 Å². The molecule has 0 fully saturated rings. The molecule has 86 valence electrons. The molecule has 0 rings (SSSR count). The maximum absolute atomic E-state index is 2.34. The number of hydrogen-bond acceptors (Lipinski definition) is 2. The van der Waals surface area contributed by atoms with E-state index in [-0.39, 0.29) is 0 Å². The van der Waals surface area contributed by atoms with E-state index in [0.29, 0.717) is 0 Å². The molecule has 0 radical (unpaired) electrons. The van der Waals surface area contributed by atoms with Gasteiger partial charge >= 0.3 is 0 Å². The number of nitrogens with zero attached hydrogens (tertiary/aromatic N) is 2. The standard InChI is InChI=1S/C12H28N2/c1-11(2)12(7-9-13(3)4)8-10-14(5)6/h11-12H,7-10H2,1-6H3. The zero-order valence-electron chi connectivity index (χ0n) is 10.9.